The molecule has 0 atom stereocenters. The second-order valence-electron chi connectivity index (χ2n) is 2.55. The Balaban J connectivity index is 2.95. The molecule has 0 unspecified atom stereocenters. The highest BCUT2D eigenvalue weighted by Gasteiger charge is 2.06. The van der Waals surface area contributed by atoms with Crippen molar-refractivity contribution in [3.05, 3.63) is 27.4 Å². The number of hydrogen-bond acceptors (Lipinski definition) is 1. The molecule has 0 fully saturated rings. The smallest absolute Gasteiger partial charge is 0.177 e. The van der Waals surface area contributed by atoms with Crippen LogP contribution >= 0.6 is 31.9 Å². The predicted octanol–water partition coefficient (Wildman–Crippen LogP) is 3.10. The summed E-state index contributed by atoms with van der Waals surface area (Å²) in [5.74, 6) is 0. The molecule has 2 aromatic rings. The van der Waals surface area contributed by atoms with E-state index in [1.54, 1.807) is 0 Å². The van der Waals surface area contributed by atoms with Crippen LogP contribution in [0.25, 0.3) is 11.0 Å². The van der Waals surface area contributed by atoms with Gasteiger partial charge in [-0.25, -0.2) is 4.98 Å². The number of benzene rings is 1. The molecular formula is C8H6Br2N2. The third kappa shape index (κ3) is 1.10. The average molecular weight is 290 g/mol. The summed E-state index contributed by atoms with van der Waals surface area (Å²) in [6, 6.07) is 6.03. The first-order valence-corrected chi connectivity index (χ1v) is 5.05. The molecule has 0 spiro atoms. The van der Waals surface area contributed by atoms with Gasteiger partial charge in [-0.3, -0.25) is 0 Å². The largest absolute Gasteiger partial charge is 0.322 e. The highest BCUT2D eigenvalue weighted by Crippen LogP contribution is 2.25. The van der Waals surface area contributed by atoms with Gasteiger partial charge < -0.3 is 4.57 Å². The molecule has 0 saturated heterocycles. The predicted molar refractivity (Wildman–Crippen MR) is 56.1 cm³/mol. The van der Waals surface area contributed by atoms with Crippen molar-refractivity contribution in [2.75, 3.05) is 0 Å². The molecule has 0 radical (unpaired) electrons. The van der Waals surface area contributed by atoms with E-state index in [0.717, 1.165) is 20.2 Å². The molecule has 1 heterocycles. The van der Waals surface area contributed by atoms with Crippen LogP contribution in [-0.2, 0) is 7.05 Å². The highest BCUT2D eigenvalue weighted by atomic mass is 79.9. The molecule has 0 amide bonds. The standard InChI is InChI=1S/C8H6Br2N2/c1-12-6-4-2-3-5(9)7(6)11-8(12)10/h2-4H,1H3. The topological polar surface area (TPSA) is 17.8 Å². The van der Waals surface area contributed by atoms with Crippen molar-refractivity contribution in [3.8, 4) is 0 Å². The Morgan fingerprint density at radius 1 is 1.33 bits per heavy atom. The number of rotatable bonds is 0. The minimum absolute atomic E-state index is 0.851. The molecule has 62 valence electrons. The van der Waals surface area contributed by atoms with E-state index in [1.807, 2.05) is 29.8 Å². The summed E-state index contributed by atoms with van der Waals surface area (Å²) in [7, 11) is 1.98. The molecule has 0 aliphatic carbocycles. The molecule has 12 heavy (non-hydrogen) atoms. The van der Waals surface area contributed by atoms with Crippen LogP contribution in [0.4, 0.5) is 0 Å². The molecule has 0 N–H and O–H groups in total. The number of hydrogen-bond donors (Lipinski definition) is 0. The molecule has 0 bridgehead atoms. The number of aryl methyl sites for hydroxylation is 1. The third-order valence-electron chi connectivity index (χ3n) is 1.81. The lowest BCUT2D eigenvalue weighted by Gasteiger charge is -1.94. The summed E-state index contributed by atoms with van der Waals surface area (Å²) < 4.78 is 3.88. The second kappa shape index (κ2) is 2.85. The van der Waals surface area contributed by atoms with Crippen molar-refractivity contribution in [2.45, 2.75) is 0 Å². The van der Waals surface area contributed by atoms with E-state index in [2.05, 4.69) is 36.8 Å². The minimum atomic E-state index is 0.851. The van der Waals surface area contributed by atoms with Crippen molar-refractivity contribution >= 4 is 42.9 Å². The van der Waals surface area contributed by atoms with Crippen molar-refractivity contribution in [2.24, 2.45) is 7.05 Å². The molecule has 2 rings (SSSR count). The van der Waals surface area contributed by atoms with Gasteiger partial charge in [-0.1, -0.05) is 6.07 Å². The quantitative estimate of drug-likeness (QED) is 0.729. The Labute approximate surface area is 86.9 Å². The Bertz CT molecular complexity index is 434. The third-order valence-corrected chi connectivity index (χ3v) is 3.16. The van der Waals surface area contributed by atoms with Crippen LogP contribution in [0.3, 0.4) is 0 Å². The van der Waals surface area contributed by atoms with Gasteiger partial charge in [0, 0.05) is 11.5 Å². The van der Waals surface area contributed by atoms with E-state index in [0.29, 0.717) is 0 Å². The Kier molecular flexibility index (Phi) is 1.96. The fraction of sp³-hybridized carbons (Fsp3) is 0.125. The summed E-state index contributed by atoms with van der Waals surface area (Å²) in [5.41, 5.74) is 2.11. The maximum atomic E-state index is 4.34. The van der Waals surface area contributed by atoms with Crippen LogP contribution in [0, 0.1) is 0 Å². The van der Waals surface area contributed by atoms with E-state index < -0.39 is 0 Å². The van der Waals surface area contributed by atoms with Crippen molar-refractivity contribution in [1.82, 2.24) is 9.55 Å². The summed E-state index contributed by atoms with van der Waals surface area (Å²) in [6.07, 6.45) is 0. The number of aromatic nitrogens is 2. The van der Waals surface area contributed by atoms with E-state index in [4.69, 9.17) is 0 Å². The van der Waals surface area contributed by atoms with E-state index in [1.165, 1.54) is 0 Å². The lowest BCUT2D eigenvalue weighted by Crippen LogP contribution is -1.85. The zero-order valence-electron chi connectivity index (χ0n) is 6.38. The normalized spacial score (nSPS) is 10.9. The van der Waals surface area contributed by atoms with Gasteiger partial charge in [0.2, 0.25) is 0 Å². The van der Waals surface area contributed by atoms with E-state index in [9.17, 15) is 0 Å². The van der Waals surface area contributed by atoms with Gasteiger partial charge in [0.1, 0.15) is 5.52 Å². The van der Waals surface area contributed by atoms with Crippen molar-refractivity contribution in [3.63, 3.8) is 0 Å². The summed E-state index contributed by atoms with van der Waals surface area (Å²) >= 11 is 6.82. The van der Waals surface area contributed by atoms with Crippen LogP contribution in [0.1, 0.15) is 0 Å². The summed E-state index contributed by atoms with van der Waals surface area (Å²) in [6.45, 7) is 0. The first kappa shape index (κ1) is 8.26. The van der Waals surface area contributed by atoms with Gasteiger partial charge >= 0.3 is 0 Å². The summed E-state index contributed by atoms with van der Waals surface area (Å²) in [5, 5.41) is 0. The average Bonchev–Trinajstić information content (AvgIpc) is 2.32. The molecule has 1 aromatic carbocycles. The fourth-order valence-corrected chi connectivity index (χ4v) is 1.96. The highest BCUT2D eigenvalue weighted by molar-refractivity contribution is 9.11. The van der Waals surface area contributed by atoms with Gasteiger partial charge in [0.25, 0.3) is 0 Å². The number of para-hydroxylation sites is 1. The van der Waals surface area contributed by atoms with Crippen LogP contribution in [0.15, 0.2) is 27.4 Å². The molecule has 0 saturated carbocycles. The van der Waals surface area contributed by atoms with Crippen molar-refractivity contribution in [1.29, 1.82) is 0 Å². The van der Waals surface area contributed by atoms with Gasteiger partial charge in [-0.05, 0) is 44.0 Å². The van der Waals surface area contributed by atoms with Crippen LogP contribution in [0.5, 0.6) is 0 Å². The van der Waals surface area contributed by atoms with Gasteiger partial charge in [-0.15, -0.1) is 0 Å². The zero-order valence-corrected chi connectivity index (χ0v) is 9.55. The zero-order chi connectivity index (χ0) is 8.72. The molecule has 2 nitrogen and oxygen atoms in total. The first-order valence-electron chi connectivity index (χ1n) is 3.46. The minimum Gasteiger partial charge on any atom is -0.322 e. The number of fused-ring (bicyclic) bond motifs is 1. The second-order valence-corrected chi connectivity index (χ2v) is 4.11. The van der Waals surface area contributed by atoms with Crippen LogP contribution in [0.2, 0.25) is 0 Å². The monoisotopic (exact) mass is 288 g/mol. The lowest BCUT2D eigenvalue weighted by molar-refractivity contribution is 0.912. The van der Waals surface area contributed by atoms with Crippen LogP contribution < -0.4 is 0 Å². The fourth-order valence-electron chi connectivity index (χ4n) is 1.15. The molecule has 1 aromatic heterocycles. The molecule has 0 aliphatic rings. The molecular weight excluding hydrogens is 284 g/mol. The maximum absolute atomic E-state index is 4.34. The number of halogens is 2. The van der Waals surface area contributed by atoms with Gasteiger partial charge in [-0.2, -0.15) is 0 Å². The first-order chi connectivity index (χ1) is 5.70. The summed E-state index contributed by atoms with van der Waals surface area (Å²) in [4.78, 5) is 4.34. The van der Waals surface area contributed by atoms with E-state index in [-0.39, 0.29) is 0 Å². The number of nitrogens with zero attached hydrogens (tertiary/aromatic N) is 2. The number of imidazole rings is 1. The molecule has 0 aliphatic heterocycles. The van der Waals surface area contributed by atoms with E-state index >= 15 is 0 Å². The van der Waals surface area contributed by atoms with Crippen molar-refractivity contribution < 1.29 is 0 Å². The van der Waals surface area contributed by atoms with Gasteiger partial charge in [0.05, 0.1) is 5.52 Å². The Morgan fingerprint density at radius 3 is 2.75 bits per heavy atom. The SMILES string of the molecule is Cn1c(Br)nc2c(Br)cccc21. The molecule has 4 heteroatoms. The van der Waals surface area contributed by atoms with Gasteiger partial charge in [0.15, 0.2) is 4.73 Å². The van der Waals surface area contributed by atoms with Crippen LogP contribution in [-0.4, -0.2) is 9.55 Å². The Morgan fingerprint density at radius 2 is 2.08 bits per heavy atom. The maximum Gasteiger partial charge on any atom is 0.177 e. The Hall–Kier alpha value is -0.350. The lowest BCUT2D eigenvalue weighted by atomic mass is 10.3.